The Kier molecular flexibility index (Phi) is 7.49. The third kappa shape index (κ3) is 7.70. The summed E-state index contributed by atoms with van der Waals surface area (Å²) in [6.07, 6.45) is 1.98. The first-order chi connectivity index (χ1) is 8.70. The third-order valence-electron chi connectivity index (χ3n) is 3.44. The van der Waals surface area contributed by atoms with Gasteiger partial charge in [-0.15, -0.1) is 0 Å². The summed E-state index contributed by atoms with van der Waals surface area (Å²) in [5.74, 6) is -0.432. The van der Waals surface area contributed by atoms with Crippen LogP contribution in [0.15, 0.2) is 0 Å². The van der Waals surface area contributed by atoms with Crippen molar-refractivity contribution in [2.75, 3.05) is 6.54 Å². The number of carbonyl (C=O) groups is 2. The molecule has 0 aromatic heterocycles. The molecule has 3 N–H and O–H groups in total. The van der Waals surface area contributed by atoms with Crippen molar-refractivity contribution in [2.45, 2.75) is 59.9 Å². The van der Waals surface area contributed by atoms with Crippen molar-refractivity contribution < 1.29 is 14.7 Å². The van der Waals surface area contributed by atoms with Gasteiger partial charge in [-0.2, -0.15) is 0 Å². The fourth-order valence-corrected chi connectivity index (χ4v) is 1.77. The first kappa shape index (κ1) is 17.7. The summed E-state index contributed by atoms with van der Waals surface area (Å²) in [5.41, 5.74) is -0.287. The van der Waals surface area contributed by atoms with Gasteiger partial charge in [0.1, 0.15) is 0 Å². The molecular weight excluding hydrogens is 244 g/mol. The Bertz CT molecular complexity index is 294. The zero-order chi connectivity index (χ0) is 15.1. The number of carboxylic acid groups (broad SMARTS) is 1. The van der Waals surface area contributed by atoms with Crippen molar-refractivity contribution in [3.8, 4) is 0 Å². The minimum absolute atomic E-state index is 0.0676. The quantitative estimate of drug-likeness (QED) is 0.666. The fourth-order valence-electron chi connectivity index (χ4n) is 1.77. The van der Waals surface area contributed by atoms with Crippen LogP contribution >= 0.6 is 0 Å². The van der Waals surface area contributed by atoms with Crippen LogP contribution in [0.4, 0.5) is 4.79 Å². The fraction of sp³-hybridized carbons (Fsp3) is 0.857. The van der Waals surface area contributed by atoms with E-state index in [1.165, 1.54) is 0 Å². The lowest BCUT2D eigenvalue weighted by Gasteiger charge is -2.30. The van der Waals surface area contributed by atoms with E-state index in [0.29, 0.717) is 12.5 Å². The monoisotopic (exact) mass is 272 g/mol. The van der Waals surface area contributed by atoms with Gasteiger partial charge in [-0.25, -0.2) is 4.79 Å². The van der Waals surface area contributed by atoms with E-state index < -0.39 is 5.97 Å². The summed E-state index contributed by atoms with van der Waals surface area (Å²) < 4.78 is 0. The van der Waals surface area contributed by atoms with E-state index in [-0.39, 0.29) is 23.9 Å². The second kappa shape index (κ2) is 8.02. The highest BCUT2D eigenvalue weighted by molar-refractivity contribution is 5.75. The van der Waals surface area contributed by atoms with Gasteiger partial charge < -0.3 is 15.7 Å². The highest BCUT2D eigenvalue weighted by atomic mass is 16.4. The molecule has 112 valence electrons. The first-order valence-electron chi connectivity index (χ1n) is 6.96. The van der Waals surface area contributed by atoms with E-state index in [0.717, 1.165) is 12.8 Å². The van der Waals surface area contributed by atoms with Gasteiger partial charge in [0.25, 0.3) is 0 Å². The average molecular weight is 272 g/mol. The molecule has 0 fully saturated rings. The standard InChI is InChI=1S/C14H28N2O3/c1-6-10(7-2)9-15-13(19)16-11(8-12(17)18)14(3,4)5/h10-11H,6-9H2,1-5H3,(H,17,18)(H2,15,16,19). The molecule has 1 atom stereocenters. The molecule has 0 aliphatic rings. The number of urea groups is 1. The van der Waals surface area contributed by atoms with E-state index in [2.05, 4.69) is 24.5 Å². The second-order valence-corrected chi connectivity index (χ2v) is 6.05. The summed E-state index contributed by atoms with van der Waals surface area (Å²) in [6, 6.07) is -0.667. The van der Waals surface area contributed by atoms with Gasteiger partial charge >= 0.3 is 12.0 Å². The topological polar surface area (TPSA) is 78.4 Å². The van der Waals surface area contributed by atoms with Gasteiger partial charge in [0.2, 0.25) is 0 Å². The summed E-state index contributed by atoms with van der Waals surface area (Å²) in [7, 11) is 0. The number of hydrogen-bond acceptors (Lipinski definition) is 2. The van der Waals surface area contributed by atoms with E-state index >= 15 is 0 Å². The smallest absolute Gasteiger partial charge is 0.315 e. The lowest BCUT2D eigenvalue weighted by atomic mass is 9.85. The molecule has 0 saturated heterocycles. The van der Waals surface area contributed by atoms with Gasteiger partial charge in [-0.05, 0) is 11.3 Å². The predicted octanol–water partition coefficient (Wildman–Crippen LogP) is 2.61. The minimum Gasteiger partial charge on any atom is -0.481 e. The van der Waals surface area contributed by atoms with Crippen molar-refractivity contribution in [1.29, 1.82) is 0 Å². The summed E-state index contributed by atoms with van der Waals surface area (Å²) in [6.45, 7) is 10.6. The van der Waals surface area contributed by atoms with Gasteiger partial charge in [-0.1, -0.05) is 47.5 Å². The maximum atomic E-state index is 11.8. The normalized spacial score (nSPS) is 13.2. The second-order valence-electron chi connectivity index (χ2n) is 6.05. The van der Waals surface area contributed by atoms with Gasteiger partial charge in [0.15, 0.2) is 0 Å². The number of amides is 2. The van der Waals surface area contributed by atoms with Crippen molar-refractivity contribution in [1.82, 2.24) is 10.6 Å². The molecule has 19 heavy (non-hydrogen) atoms. The van der Waals surface area contributed by atoms with Crippen molar-refractivity contribution in [2.24, 2.45) is 11.3 Å². The Balaban J connectivity index is 4.35. The molecular formula is C14H28N2O3. The Labute approximate surface area is 116 Å². The maximum Gasteiger partial charge on any atom is 0.315 e. The lowest BCUT2D eigenvalue weighted by molar-refractivity contribution is -0.138. The Morgan fingerprint density at radius 2 is 1.68 bits per heavy atom. The van der Waals surface area contributed by atoms with E-state index in [1.807, 2.05) is 20.8 Å². The number of rotatable bonds is 7. The molecule has 0 radical (unpaired) electrons. The van der Waals surface area contributed by atoms with Crippen LogP contribution in [0.5, 0.6) is 0 Å². The highest BCUT2D eigenvalue weighted by Crippen LogP contribution is 2.21. The number of hydrogen-bond donors (Lipinski definition) is 3. The van der Waals surface area contributed by atoms with E-state index in [9.17, 15) is 9.59 Å². The van der Waals surface area contributed by atoms with Crippen molar-refractivity contribution >= 4 is 12.0 Å². The minimum atomic E-state index is -0.903. The zero-order valence-electron chi connectivity index (χ0n) is 12.7. The van der Waals surface area contributed by atoms with Crippen LogP contribution in [-0.2, 0) is 4.79 Å². The number of aliphatic carboxylic acids is 1. The predicted molar refractivity (Wildman–Crippen MR) is 76.1 cm³/mol. The van der Waals surface area contributed by atoms with Crippen molar-refractivity contribution in [3.05, 3.63) is 0 Å². The van der Waals surface area contributed by atoms with Crippen LogP contribution in [0.1, 0.15) is 53.9 Å². The summed E-state index contributed by atoms with van der Waals surface area (Å²) in [4.78, 5) is 22.6. The summed E-state index contributed by atoms with van der Waals surface area (Å²) in [5, 5.41) is 14.5. The molecule has 0 aliphatic heterocycles. The Morgan fingerprint density at radius 1 is 1.16 bits per heavy atom. The highest BCUT2D eigenvalue weighted by Gasteiger charge is 2.28. The molecule has 0 bridgehead atoms. The van der Waals surface area contributed by atoms with Crippen LogP contribution in [0.2, 0.25) is 0 Å². The Morgan fingerprint density at radius 3 is 2.05 bits per heavy atom. The third-order valence-corrected chi connectivity index (χ3v) is 3.44. The van der Waals surface area contributed by atoms with Crippen molar-refractivity contribution in [3.63, 3.8) is 0 Å². The molecule has 5 nitrogen and oxygen atoms in total. The van der Waals surface area contributed by atoms with E-state index in [1.54, 1.807) is 0 Å². The van der Waals surface area contributed by atoms with Crippen LogP contribution in [0.25, 0.3) is 0 Å². The largest absolute Gasteiger partial charge is 0.481 e. The molecule has 5 heteroatoms. The number of nitrogens with one attached hydrogen (secondary N) is 2. The Hall–Kier alpha value is -1.26. The van der Waals surface area contributed by atoms with Crippen LogP contribution in [0, 0.1) is 11.3 Å². The molecule has 0 saturated carbocycles. The van der Waals surface area contributed by atoms with Crippen LogP contribution in [-0.4, -0.2) is 29.7 Å². The lowest BCUT2D eigenvalue weighted by Crippen LogP contribution is -2.49. The molecule has 0 spiro atoms. The maximum absolute atomic E-state index is 11.8. The molecule has 0 aliphatic carbocycles. The van der Waals surface area contributed by atoms with Gasteiger partial charge in [0, 0.05) is 12.6 Å². The SMILES string of the molecule is CCC(CC)CNC(=O)NC(CC(=O)O)C(C)(C)C. The molecule has 2 amide bonds. The zero-order valence-corrected chi connectivity index (χ0v) is 12.7. The molecule has 0 heterocycles. The molecule has 0 aromatic carbocycles. The van der Waals surface area contributed by atoms with Gasteiger partial charge in [-0.3, -0.25) is 4.79 Å². The van der Waals surface area contributed by atoms with Crippen LogP contribution in [0.3, 0.4) is 0 Å². The molecule has 0 aromatic rings. The number of carboxylic acids is 1. The molecule has 1 unspecified atom stereocenters. The van der Waals surface area contributed by atoms with E-state index in [4.69, 9.17) is 5.11 Å². The van der Waals surface area contributed by atoms with Crippen LogP contribution < -0.4 is 10.6 Å². The number of carbonyl (C=O) groups excluding carboxylic acids is 1. The van der Waals surface area contributed by atoms with Gasteiger partial charge in [0.05, 0.1) is 6.42 Å². The molecule has 0 rings (SSSR count). The first-order valence-corrected chi connectivity index (χ1v) is 6.96. The summed E-state index contributed by atoms with van der Waals surface area (Å²) >= 11 is 0. The average Bonchev–Trinajstić information content (AvgIpc) is 2.27.